The zero-order valence-corrected chi connectivity index (χ0v) is 7.39. The van der Waals surface area contributed by atoms with Gasteiger partial charge in [0.15, 0.2) is 0 Å². The fourth-order valence-corrected chi connectivity index (χ4v) is 1.54. The third-order valence-corrected chi connectivity index (χ3v) is 2.06. The van der Waals surface area contributed by atoms with Gasteiger partial charge in [0, 0.05) is 13.1 Å². The average Bonchev–Trinajstić information content (AvgIpc) is 2.38. The number of rotatable bonds is 4. The van der Waals surface area contributed by atoms with E-state index >= 15 is 0 Å². The number of ether oxygens (including phenoxy) is 1. The van der Waals surface area contributed by atoms with Gasteiger partial charge in [-0.15, -0.1) is 0 Å². The van der Waals surface area contributed by atoms with Crippen molar-refractivity contribution < 1.29 is 4.74 Å². The van der Waals surface area contributed by atoms with Gasteiger partial charge in [-0.1, -0.05) is 0 Å². The van der Waals surface area contributed by atoms with Gasteiger partial charge in [0.1, 0.15) is 0 Å². The predicted molar refractivity (Wildman–Crippen MR) is 45.7 cm³/mol. The molecular formula is C8H18N2O. The van der Waals surface area contributed by atoms with Gasteiger partial charge in [0.05, 0.1) is 12.2 Å². The molecule has 2 atom stereocenters. The average molecular weight is 158 g/mol. The Kier molecular flexibility index (Phi) is 3.83. The van der Waals surface area contributed by atoms with Crippen LogP contribution in [0.2, 0.25) is 0 Å². The second-order valence-electron chi connectivity index (χ2n) is 3.07. The van der Waals surface area contributed by atoms with Crippen LogP contribution in [-0.2, 0) is 4.74 Å². The van der Waals surface area contributed by atoms with Crippen LogP contribution in [0.15, 0.2) is 0 Å². The first-order chi connectivity index (χ1) is 5.36. The van der Waals surface area contributed by atoms with E-state index in [1.54, 1.807) is 0 Å². The Bertz CT molecular complexity index is 96.3. The van der Waals surface area contributed by atoms with E-state index in [1.165, 1.54) is 12.8 Å². The largest absolute Gasteiger partial charge is 0.372 e. The van der Waals surface area contributed by atoms with Gasteiger partial charge in [0.2, 0.25) is 0 Å². The molecule has 1 saturated heterocycles. The van der Waals surface area contributed by atoms with Gasteiger partial charge < -0.3 is 15.4 Å². The van der Waals surface area contributed by atoms with Crippen molar-refractivity contribution in [1.29, 1.82) is 0 Å². The molecule has 0 amide bonds. The van der Waals surface area contributed by atoms with Crippen molar-refractivity contribution in [3.8, 4) is 0 Å². The molecule has 0 aromatic carbocycles. The van der Waals surface area contributed by atoms with Gasteiger partial charge in [-0.3, -0.25) is 0 Å². The zero-order valence-electron chi connectivity index (χ0n) is 7.39. The lowest BCUT2D eigenvalue weighted by molar-refractivity contribution is 0.0479. The van der Waals surface area contributed by atoms with Crippen LogP contribution in [0.5, 0.6) is 0 Å². The molecule has 2 N–H and O–H groups in total. The van der Waals surface area contributed by atoms with Crippen LogP contribution in [0, 0.1) is 0 Å². The lowest BCUT2D eigenvalue weighted by Crippen LogP contribution is -2.27. The topological polar surface area (TPSA) is 33.3 Å². The molecule has 66 valence electrons. The maximum Gasteiger partial charge on any atom is 0.0704 e. The first-order valence-corrected chi connectivity index (χ1v) is 4.31. The molecule has 0 radical (unpaired) electrons. The summed E-state index contributed by atoms with van der Waals surface area (Å²) in [5, 5.41) is 6.25. The standard InChI is InChI=1S/C8H18N2O/c1-9-5-7-3-4-8(11-7)6-10-2/h7-10H,3-6H2,1-2H3/t7-,8+. The smallest absolute Gasteiger partial charge is 0.0704 e. The third kappa shape index (κ3) is 2.77. The van der Waals surface area contributed by atoms with E-state index in [0.717, 1.165) is 13.1 Å². The van der Waals surface area contributed by atoms with Gasteiger partial charge in [-0.2, -0.15) is 0 Å². The summed E-state index contributed by atoms with van der Waals surface area (Å²) < 4.78 is 5.72. The maximum atomic E-state index is 5.72. The van der Waals surface area contributed by atoms with E-state index in [-0.39, 0.29) is 0 Å². The molecule has 0 spiro atoms. The van der Waals surface area contributed by atoms with E-state index in [2.05, 4.69) is 10.6 Å². The molecule has 1 aliphatic heterocycles. The highest BCUT2D eigenvalue weighted by molar-refractivity contribution is 4.75. The van der Waals surface area contributed by atoms with E-state index in [9.17, 15) is 0 Å². The summed E-state index contributed by atoms with van der Waals surface area (Å²) in [4.78, 5) is 0. The Labute approximate surface area is 68.5 Å². The fourth-order valence-electron chi connectivity index (χ4n) is 1.54. The minimum atomic E-state index is 0.443. The molecule has 1 heterocycles. The van der Waals surface area contributed by atoms with Crippen molar-refractivity contribution in [2.45, 2.75) is 25.0 Å². The molecule has 0 aliphatic carbocycles. The SMILES string of the molecule is CNC[C@H]1CC[C@@H](CNC)O1. The Morgan fingerprint density at radius 3 is 1.91 bits per heavy atom. The van der Waals surface area contributed by atoms with Gasteiger partial charge in [-0.05, 0) is 26.9 Å². The highest BCUT2D eigenvalue weighted by atomic mass is 16.5. The lowest BCUT2D eigenvalue weighted by atomic mass is 10.2. The van der Waals surface area contributed by atoms with E-state index in [4.69, 9.17) is 4.74 Å². The van der Waals surface area contributed by atoms with Crippen LogP contribution < -0.4 is 10.6 Å². The normalized spacial score (nSPS) is 31.1. The van der Waals surface area contributed by atoms with Crippen LogP contribution in [0.4, 0.5) is 0 Å². The van der Waals surface area contributed by atoms with Crippen molar-refractivity contribution >= 4 is 0 Å². The monoisotopic (exact) mass is 158 g/mol. The number of hydrogen-bond donors (Lipinski definition) is 2. The molecule has 3 nitrogen and oxygen atoms in total. The minimum Gasteiger partial charge on any atom is -0.372 e. The van der Waals surface area contributed by atoms with Crippen LogP contribution >= 0.6 is 0 Å². The molecule has 0 unspecified atom stereocenters. The van der Waals surface area contributed by atoms with E-state index in [0.29, 0.717) is 12.2 Å². The predicted octanol–water partition coefficient (Wildman–Crippen LogP) is -0.0272. The van der Waals surface area contributed by atoms with Crippen LogP contribution in [0.3, 0.4) is 0 Å². The summed E-state index contributed by atoms with van der Waals surface area (Å²) in [5.41, 5.74) is 0. The van der Waals surface area contributed by atoms with Gasteiger partial charge >= 0.3 is 0 Å². The molecule has 3 heteroatoms. The Hall–Kier alpha value is -0.120. The lowest BCUT2D eigenvalue weighted by Gasteiger charge is -2.12. The number of hydrogen-bond acceptors (Lipinski definition) is 3. The fraction of sp³-hybridized carbons (Fsp3) is 1.00. The van der Waals surface area contributed by atoms with Crippen LogP contribution in [-0.4, -0.2) is 39.4 Å². The van der Waals surface area contributed by atoms with Crippen LogP contribution in [0.25, 0.3) is 0 Å². The highest BCUT2D eigenvalue weighted by Gasteiger charge is 2.23. The number of likely N-dealkylation sites (N-methyl/N-ethyl adjacent to an activating group) is 2. The van der Waals surface area contributed by atoms with E-state index < -0.39 is 0 Å². The van der Waals surface area contributed by atoms with Crippen molar-refractivity contribution in [2.75, 3.05) is 27.2 Å². The Balaban J connectivity index is 2.12. The third-order valence-electron chi connectivity index (χ3n) is 2.06. The first kappa shape index (κ1) is 8.97. The van der Waals surface area contributed by atoms with Crippen LogP contribution in [0.1, 0.15) is 12.8 Å². The molecule has 0 aromatic heterocycles. The second-order valence-corrected chi connectivity index (χ2v) is 3.07. The summed E-state index contributed by atoms with van der Waals surface area (Å²) in [6.45, 7) is 1.97. The summed E-state index contributed by atoms with van der Waals surface area (Å²) in [5.74, 6) is 0. The second kappa shape index (κ2) is 4.70. The molecule has 0 saturated carbocycles. The zero-order chi connectivity index (χ0) is 8.10. The molecule has 1 fully saturated rings. The summed E-state index contributed by atoms with van der Waals surface area (Å²) >= 11 is 0. The number of nitrogens with one attached hydrogen (secondary N) is 2. The summed E-state index contributed by atoms with van der Waals surface area (Å²) in [6, 6.07) is 0. The maximum absolute atomic E-state index is 5.72. The minimum absolute atomic E-state index is 0.443. The van der Waals surface area contributed by atoms with Crippen molar-refractivity contribution in [2.24, 2.45) is 0 Å². The molecular weight excluding hydrogens is 140 g/mol. The quantitative estimate of drug-likeness (QED) is 0.603. The molecule has 0 bridgehead atoms. The highest BCUT2D eigenvalue weighted by Crippen LogP contribution is 2.18. The van der Waals surface area contributed by atoms with Gasteiger partial charge in [-0.25, -0.2) is 0 Å². The molecule has 0 aromatic rings. The van der Waals surface area contributed by atoms with Crippen molar-refractivity contribution in [3.63, 3.8) is 0 Å². The van der Waals surface area contributed by atoms with E-state index in [1.807, 2.05) is 14.1 Å². The molecule has 11 heavy (non-hydrogen) atoms. The summed E-state index contributed by atoms with van der Waals surface area (Å²) in [6.07, 6.45) is 3.29. The van der Waals surface area contributed by atoms with Crippen molar-refractivity contribution in [1.82, 2.24) is 10.6 Å². The Morgan fingerprint density at radius 2 is 1.55 bits per heavy atom. The molecule has 1 rings (SSSR count). The summed E-state index contributed by atoms with van der Waals surface area (Å²) in [7, 11) is 3.93. The first-order valence-electron chi connectivity index (χ1n) is 4.31. The Morgan fingerprint density at radius 1 is 1.09 bits per heavy atom. The molecule has 1 aliphatic rings. The van der Waals surface area contributed by atoms with Crippen molar-refractivity contribution in [3.05, 3.63) is 0 Å². The van der Waals surface area contributed by atoms with Gasteiger partial charge in [0.25, 0.3) is 0 Å².